The van der Waals surface area contributed by atoms with E-state index in [1.165, 1.54) is 17.7 Å². The Labute approximate surface area is 175 Å². The summed E-state index contributed by atoms with van der Waals surface area (Å²) in [6, 6.07) is 13.1. The molecule has 2 amide bonds. The van der Waals surface area contributed by atoms with Crippen LogP contribution in [0.5, 0.6) is 5.75 Å². The molecule has 0 saturated heterocycles. The van der Waals surface area contributed by atoms with Crippen molar-refractivity contribution < 1.29 is 23.9 Å². The Morgan fingerprint density at radius 3 is 2.30 bits per heavy atom. The first-order chi connectivity index (χ1) is 14.5. The van der Waals surface area contributed by atoms with Gasteiger partial charge < -0.3 is 20.1 Å². The van der Waals surface area contributed by atoms with Crippen LogP contribution in [0, 0.1) is 0 Å². The lowest BCUT2D eigenvalue weighted by atomic mass is 10.2. The minimum Gasteiger partial charge on any atom is -0.434 e. The molecule has 0 aromatic heterocycles. The van der Waals surface area contributed by atoms with Gasteiger partial charge in [0.15, 0.2) is 0 Å². The minimum atomic E-state index is -0.794. The zero-order valence-electron chi connectivity index (χ0n) is 16.8. The number of hydrogen-bond donors (Lipinski definition) is 2. The van der Waals surface area contributed by atoms with Crippen molar-refractivity contribution in [2.75, 3.05) is 17.2 Å². The molecule has 0 atom stereocenters. The number of carbonyl (C=O) groups excluding carboxylic acids is 3. The Hall–Kier alpha value is -3.61. The van der Waals surface area contributed by atoms with Crippen molar-refractivity contribution in [2.45, 2.75) is 32.6 Å². The summed E-state index contributed by atoms with van der Waals surface area (Å²) in [7, 11) is 0. The molecule has 0 heterocycles. The van der Waals surface area contributed by atoms with E-state index in [0.29, 0.717) is 16.9 Å². The second-order valence-electron chi connectivity index (χ2n) is 6.84. The second-order valence-corrected chi connectivity index (χ2v) is 6.84. The molecule has 2 aromatic carbocycles. The largest absolute Gasteiger partial charge is 0.513 e. The van der Waals surface area contributed by atoms with Crippen LogP contribution in [0.4, 0.5) is 16.2 Å². The van der Waals surface area contributed by atoms with Crippen molar-refractivity contribution in [1.29, 1.82) is 0 Å². The molecule has 0 bridgehead atoms. The van der Waals surface area contributed by atoms with Gasteiger partial charge >= 0.3 is 6.16 Å². The van der Waals surface area contributed by atoms with Crippen LogP contribution in [0.2, 0.25) is 0 Å². The fourth-order valence-corrected chi connectivity index (χ4v) is 3.13. The molecular formula is C23H24N2O5. The summed E-state index contributed by atoms with van der Waals surface area (Å²) in [6.45, 7) is 1.90. The third kappa shape index (κ3) is 6.20. The summed E-state index contributed by atoms with van der Waals surface area (Å²) in [5.74, 6) is -0.201. The maximum absolute atomic E-state index is 12.5. The van der Waals surface area contributed by atoms with Gasteiger partial charge in [0.25, 0.3) is 5.91 Å². The Bertz CT molecular complexity index is 942. The highest BCUT2D eigenvalue weighted by Gasteiger charge is 2.11. The molecule has 156 valence electrons. The van der Waals surface area contributed by atoms with Gasteiger partial charge in [-0.1, -0.05) is 11.6 Å². The van der Waals surface area contributed by atoms with Gasteiger partial charge in [0.2, 0.25) is 5.91 Å². The third-order valence-electron chi connectivity index (χ3n) is 4.55. The van der Waals surface area contributed by atoms with Gasteiger partial charge in [0, 0.05) is 23.0 Å². The van der Waals surface area contributed by atoms with Crippen LogP contribution in [-0.2, 0) is 9.53 Å². The van der Waals surface area contributed by atoms with Crippen molar-refractivity contribution in [3.63, 3.8) is 0 Å². The van der Waals surface area contributed by atoms with Crippen molar-refractivity contribution in [2.24, 2.45) is 0 Å². The fourth-order valence-electron chi connectivity index (χ4n) is 3.13. The van der Waals surface area contributed by atoms with Crippen LogP contribution in [0.3, 0.4) is 0 Å². The molecule has 7 nitrogen and oxygen atoms in total. The predicted octanol–water partition coefficient (Wildman–Crippen LogP) is 4.91. The number of amides is 2. The van der Waals surface area contributed by atoms with Crippen LogP contribution >= 0.6 is 0 Å². The molecule has 3 rings (SSSR count). The van der Waals surface area contributed by atoms with E-state index in [0.717, 1.165) is 25.7 Å². The molecule has 30 heavy (non-hydrogen) atoms. The average Bonchev–Trinajstić information content (AvgIpc) is 3.21. The van der Waals surface area contributed by atoms with E-state index in [1.54, 1.807) is 49.4 Å². The van der Waals surface area contributed by atoms with E-state index < -0.39 is 6.16 Å². The van der Waals surface area contributed by atoms with Crippen LogP contribution in [0.25, 0.3) is 0 Å². The van der Waals surface area contributed by atoms with Crippen molar-refractivity contribution in [1.82, 2.24) is 0 Å². The molecule has 0 aliphatic heterocycles. The van der Waals surface area contributed by atoms with E-state index >= 15 is 0 Å². The minimum absolute atomic E-state index is 0.160. The molecule has 0 radical (unpaired) electrons. The van der Waals surface area contributed by atoms with E-state index in [9.17, 15) is 14.4 Å². The quantitative estimate of drug-likeness (QED) is 0.402. The Kier molecular flexibility index (Phi) is 7.21. The first-order valence-corrected chi connectivity index (χ1v) is 9.90. The van der Waals surface area contributed by atoms with E-state index in [2.05, 4.69) is 10.6 Å². The Balaban J connectivity index is 1.58. The molecule has 2 N–H and O–H groups in total. The van der Waals surface area contributed by atoms with Gasteiger partial charge in [-0.2, -0.15) is 0 Å². The SMILES string of the molecule is CCOC(=O)Oc1ccc(C(=O)Nc2cccc(NC(=O)C=C3CCCC3)c2)cc1. The number of ether oxygens (including phenoxy) is 2. The number of allylic oxidation sites excluding steroid dienone is 1. The highest BCUT2D eigenvalue weighted by Crippen LogP contribution is 2.24. The molecule has 1 fully saturated rings. The summed E-state index contributed by atoms with van der Waals surface area (Å²) < 4.78 is 9.67. The van der Waals surface area contributed by atoms with E-state index in [-0.39, 0.29) is 24.2 Å². The average molecular weight is 408 g/mol. The topological polar surface area (TPSA) is 93.7 Å². The zero-order chi connectivity index (χ0) is 21.3. The zero-order valence-corrected chi connectivity index (χ0v) is 16.8. The first kappa shape index (κ1) is 21.1. The summed E-state index contributed by atoms with van der Waals surface area (Å²) in [4.78, 5) is 35.9. The molecule has 1 aliphatic rings. The highest BCUT2D eigenvalue weighted by atomic mass is 16.7. The molecule has 1 saturated carbocycles. The summed E-state index contributed by atoms with van der Waals surface area (Å²) in [5, 5.41) is 5.62. The molecule has 2 aromatic rings. The highest BCUT2D eigenvalue weighted by molar-refractivity contribution is 6.05. The summed E-state index contributed by atoms with van der Waals surface area (Å²) >= 11 is 0. The number of hydrogen-bond acceptors (Lipinski definition) is 5. The molecule has 0 spiro atoms. The van der Waals surface area contributed by atoms with Crippen molar-refractivity contribution in [3.05, 3.63) is 65.7 Å². The van der Waals surface area contributed by atoms with E-state index in [1.807, 2.05) is 0 Å². The maximum Gasteiger partial charge on any atom is 0.513 e. The standard InChI is InChI=1S/C23H24N2O5/c1-2-29-23(28)30-20-12-10-17(11-13-20)22(27)25-19-9-5-8-18(15-19)24-21(26)14-16-6-3-4-7-16/h5,8-15H,2-4,6-7H2,1H3,(H,24,26)(H,25,27). The van der Waals surface area contributed by atoms with Crippen molar-refractivity contribution >= 4 is 29.3 Å². The number of anilines is 2. The third-order valence-corrected chi connectivity index (χ3v) is 4.55. The van der Waals surface area contributed by atoms with Gasteiger partial charge in [-0.05, 0) is 75.1 Å². The normalized spacial score (nSPS) is 12.8. The van der Waals surface area contributed by atoms with Crippen LogP contribution in [0.1, 0.15) is 43.0 Å². The van der Waals surface area contributed by atoms with Crippen LogP contribution < -0.4 is 15.4 Å². The Morgan fingerprint density at radius 2 is 1.63 bits per heavy atom. The number of rotatable bonds is 6. The van der Waals surface area contributed by atoms with Crippen LogP contribution in [0.15, 0.2) is 60.2 Å². The van der Waals surface area contributed by atoms with Gasteiger partial charge in [0.05, 0.1) is 6.61 Å². The monoisotopic (exact) mass is 408 g/mol. The number of benzene rings is 2. The lowest BCUT2D eigenvalue weighted by Gasteiger charge is -2.09. The second kappa shape index (κ2) is 10.2. The molecular weight excluding hydrogens is 384 g/mol. The first-order valence-electron chi connectivity index (χ1n) is 9.90. The fraction of sp³-hybridized carbons (Fsp3) is 0.261. The molecule has 1 aliphatic carbocycles. The molecule has 7 heteroatoms. The smallest absolute Gasteiger partial charge is 0.434 e. The van der Waals surface area contributed by atoms with Crippen LogP contribution in [-0.4, -0.2) is 24.6 Å². The predicted molar refractivity (Wildman–Crippen MR) is 114 cm³/mol. The van der Waals surface area contributed by atoms with Gasteiger partial charge in [0.1, 0.15) is 5.75 Å². The van der Waals surface area contributed by atoms with Gasteiger partial charge in [-0.15, -0.1) is 0 Å². The van der Waals surface area contributed by atoms with Gasteiger partial charge in [-0.25, -0.2) is 4.79 Å². The lowest BCUT2D eigenvalue weighted by molar-refractivity contribution is -0.112. The number of carbonyl (C=O) groups is 3. The maximum atomic E-state index is 12.5. The van der Waals surface area contributed by atoms with Crippen molar-refractivity contribution in [3.8, 4) is 5.75 Å². The Morgan fingerprint density at radius 1 is 0.967 bits per heavy atom. The lowest BCUT2D eigenvalue weighted by Crippen LogP contribution is -2.13. The number of nitrogens with one attached hydrogen (secondary N) is 2. The van der Waals surface area contributed by atoms with E-state index in [4.69, 9.17) is 9.47 Å². The van der Waals surface area contributed by atoms with Gasteiger partial charge in [-0.3, -0.25) is 9.59 Å². The summed E-state index contributed by atoms with van der Waals surface area (Å²) in [6.07, 6.45) is 5.10. The summed E-state index contributed by atoms with van der Waals surface area (Å²) in [5.41, 5.74) is 2.72. The molecule has 0 unspecified atom stereocenters.